The van der Waals surface area contributed by atoms with E-state index in [1.807, 2.05) is 12.1 Å². The van der Waals surface area contributed by atoms with Crippen molar-refractivity contribution >= 4 is 0 Å². The van der Waals surface area contributed by atoms with E-state index in [9.17, 15) is 5.11 Å². The zero-order valence-electron chi connectivity index (χ0n) is 11.0. The lowest BCUT2D eigenvalue weighted by molar-refractivity contribution is 0.163. The zero-order chi connectivity index (χ0) is 13.0. The minimum absolute atomic E-state index is 0.308. The minimum Gasteiger partial charge on any atom is -0.469 e. The van der Waals surface area contributed by atoms with Crippen LogP contribution in [0.25, 0.3) is 0 Å². The fourth-order valence-corrected chi connectivity index (χ4v) is 2.07. The van der Waals surface area contributed by atoms with Crippen molar-refractivity contribution in [2.75, 3.05) is 0 Å². The van der Waals surface area contributed by atoms with Gasteiger partial charge in [0.15, 0.2) is 0 Å². The van der Waals surface area contributed by atoms with Crippen LogP contribution in [0.5, 0.6) is 0 Å². The van der Waals surface area contributed by atoms with Crippen molar-refractivity contribution in [3.8, 4) is 0 Å². The first-order valence-corrected chi connectivity index (χ1v) is 6.42. The van der Waals surface area contributed by atoms with E-state index >= 15 is 0 Å². The molecule has 96 valence electrons. The van der Waals surface area contributed by atoms with Crippen molar-refractivity contribution in [3.05, 3.63) is 59.0 Å². The maximum atomic E-state index is 10.0. The fourth-order valence-electron chi connectivity index (χ4n) is 2.07. The molecule has 0 bridgehead atoms. The standard InChI is InChI=1S/C16H20O2/c1-12-5-6-14(10-13(12)2)11-15(17)7-8-16-4-3-9-18-16/h3-6,9-10,15,17H,7-8,11H2,1-2H3. The summed E-state index contributed by atoms with van der Waals surface area (Å²) in [6.07, 6.45) is 3.60. The second-order valence-electron chi connectivity index (χ2n) is 4.89. The topological polar surface area (TPSA) is 33.4 Å². The summed E-state index contributed by atoms with van der Waals surface area (Å²) in [4.78, 5) is 0. The Morgan fingerprint density at radius 3 is 2.67 bits per heavy atom. The predicted molar refractivity (Wildman–Crippen MR) is 72.7 cm³/mol. The molecule has 2 rings (SSSR count). The average Bonchev–Trinajstić information content (AvgIpc) is 2.84. The van der Waals surface area contributed by atoms with E-state index < -0.39 is 0 Å². The van der Waals surface area contributed by atoms with Crippen LogP contribution in [0.15, 0.2) is 41.0 Å². The van der Waals surface area contributed by atoms with Gasteiger partial charge in [-0.05, 0) is 55.5 Å². The molecule has 18 heavy (non-hydrogen) atoms. The summed E-state index contributed by atoms with van der Waals surface area (Å²) in [6, 6.07) is 10.2. The van der Waals surface area contributed by atoms with Gasteiger partial charge in [0.2, 0.25) is 0 Å². The lowest BCUT2D eigenvalue weighted by Crippen LogP contribution is -2.11. The molecular weight excluding hydrogens is 224 g/mol. The van der Waals surface area contributed by atoms with Crippen LogP contribution in [0.3, 0.4) is 0 Å². The van der Waals surface area contributed by atoms with Crippen LogP contribution < -0.4 is 0 Å². The molecule has 2 heteroatoms. The molecule has 2 nitrogen and oxygen atoms in total. The van der Waals surface area contributed by atoms with Gasteiger partial charge in [0, 0.05) is 6.42 Å². The molecule has 1 unspecified atom stereocenters. The fraction of sp³-hybridized carbons (Fsp3) is 0.375. The zero-order valence-corrected chi connectivity index (χ0v) is 11.0. The van der Waals surface area contributed by atoms with Crippen LogP contribution in [0.2, 0.25) is 0 Å². The number of hydrogen-bond acceptors (Lipinski definition) is 2. The Balaban J connectivity index is 1.86. The molecule has 1 aromatic heterocycles. The third-order valence-electron chi connectivity index (χ3n) is 3.35. The number of aliphatic hydroxyl groups is 1. The van der Waals surface area contributed by atoms with Gasteiger partial charge in [-0.15, -0.1) is 0 Å². The molecule has 1 N–H and O–H groups in total. The average molecular weight is 244 g/mol. The van der Waals surface area contributed by atoms with Crippen molar-refractivity contribution < 1.29 is 9.52 Å². The van der Waals surface area contributed by atoms with E-state index in [1.165, 1.54) is 16.7 Å². The Morgan fingerprint density at radius 2 is 2.00 bits per heavy atom. The summed E-state index contributed by atoms with van der Waals surface area (Å²) in [5.74, 6) is 0.939. The predicted octanol–water partition coefficient (Wildman–Crippen LogP) is 3.43. The number of benzene rings is 1. The van der Waals surface area contributed by atoms with Gasteiger partial charge >= 0.3 is 0 Å². The number of aryl methyl sites for hydroxylation is 3. The van der Waals surface area contributed by atoms with Crippen molar-refractivity contribution in [1.29, 1.82) is 0 Å². The lowest BCUT2D eigenvalue weighted by Gasteiger charge is -2.11. The van der Waals surface area contributed by atoms with Crippen molar-refractivity contribution in [3.63, 3.8) is 0 Å². The van der Waals surface area contributed by atoms with Gasteiger partial charge in [-0.1, -0.05) is 18.2 Å². The molecule has 2 aromatic rings. The third-order valence-corrected chi connectivity index (χ3v) is 3.35. The second-order valence-corrected chi connectivity index (χ2v) is 4.89. The van der Waals surface area contributed by atoms with E-state index in [0.717, 1.165) is 18.6 Å². The summed E-state index contributed by atoms with van der Waals surface area (Å²) < 4.78 is 5.26. The first-order chi connectivity index (χ1) is 8.65. The Morgan fingerprint density at radius 1 is 1.17 bits per heavy atom. The first-order valence-electron chi connectivity index (χ1n) is 6.42. The summed E-state index contributed by atoms with van der Waals surface area (Å²) in [6.45, 7) is 4.21. The lowest BCUT2D eigenvalue weighted by atomic mass is 10.00. The largest absolute Gasteiger partial charge is 0.469 e. The molecule has 0 spiro atoms. The van der Waals surface area contributed by atoms with Gasteiger partial charge in [0.05, 0.1) is 12.4 Å². The molecule has 0 aliphatic rings. The molecule has 0 fully saturated rings. The van der Waals surface area contributed by atoms with Gasteiger partial charge < -0.3 is 9.52 Å². The highest BCUT2D eigenvalue weighted by molar-refractivity contribution is 5.30. The Bertz CT molecular complexity index is 486. The molecule has 0 saturated heterocycles. The smallest absolute Gasteiger partial charge is 0.103 e. The number of hydrogen-bond donors (Lipinski definition) is 1. The van der Waals surface area contributed by atoms with E-state index in [-0.39, 0.29) is 6.10 Å². The van der Waals surface area contributed by atoms with Crippen LogP contribution >= 0.6 is 0 Å². The van der Waals surface area contributed by atoms with Gasteiger partial charge in [0.1, 0.15) is 5.76 Å². The highest BCUT2D eigenvalue weighted by Crippen LogP contribution is 2.14. The molecule has 1 atom stereocenters. The van der Waals surface area contributed by atoms with E-state index in [1.54, 1.807) is 6.26 Å². The van der Waals surface area contributed by atoms with Crippen molar-refractivity contribution in [2.45, 2.75) is 39.2 Å². The highest BCUT2D eigenvalue weighted by atomic mass is 16.3. The first kappa shape index (κ1) is 12.9. The van der Waals surface area contributed by atoms with Crippen LogP contribution in [-0.4, -0.2) is 11.2 Å². The molecule has 0 amide bonds. The Labute approximate surface area is 108 Å². The maximum Gasteiger partial charge on any atom is 0.103 e. The van der Waals surface area contributed by atoms with E-state index in [4.69, 9.17) is 4.42 Å². The van der Waals surface area contributed by atoms with Crippen LogP contribution in [0.1, 0.15) is 28.9 Å². The quantitative estimate of drug-likeness (QED) is 0.874. The minimum atomic E-state index is -0.308. The molecule has 0 aliphatic carbocycles. The van der Waals surface area contributed by atoms with Gasteiger partial charge in [-0.25, -0.2) is 0 Å². The van der Waals surface area contributed by atoms with Crippen molar-refractivity contribution in [1.82, 2.24) is 0 Å². The Hall–Kier alpha value is -1.54. The summed E-state index contributed by atoms with van der Waals surface area (Å²) in [5.41, 5.74) is 3.78. The van der Waals surface area contributed by atoms with Crippen molar-refractivity contribution in [2.24, 2.45) is 0 Å². The van der Waals surface area contributed by atoms with Gasteiger partial charge in [0.25, 0.3) is 0 Å². The summed E-state index contributed by atoms with van der Waals surface area (Å²) >= 11 is 0. The van der Waals surface area contributed by atoms with E-state index in [2.05, 4.69) is 32.0 Å². The highest BCUT2D eigenvalue weighted by Gasteiger charge is 2.08. The molecule has 0 saturated carbocycles. The SMILES string of the molecule is Cc1ccc(CC(O)CCc2ccco2)cc1C. The van der Waals surface area contributed by atoms with Gasteiger partial charge in [-0.3, -0.25) is 0 Å². The van der Waals surface area contributed by atoms with Gasteiger partial charge in [-0.2, -0.15) is 0 Å². The third kappa shape index (κ3) is 3.47. The number of furan rings is 1. The summed E-state index contributed by atoms with van der Waals surface area (Å²) in [5, 5.41) is 10.0. The summed E-state index contributed by atoms with van der Waals surface area (Å²) in [7, 11) is 0. The molecule has 0 aliphatic heterocycles. The number of rotatable bonds is 5. The maximum absolute atomic E-state index is 10.0. The normalized spacial score (nSPS) is 12.6. The molecule has 1 heterocycles. The van der Waals surface area contributed by atoms with Crippen LogP contribution in [0, 0.1) is 13.8 Å². The van der Waals surface area contributed by atoms with Crippen LogP contribution in [0.4, 0.5) is 0 Å². The number of aliphatic hydroxyl groups excluding tert-OH is 1. The Kier molecular flexibility index (Phi) is 4.21. The van der Waals surface area contributed by atoms with Crippen LogP contribution in [-0.2, 0) is 12.8 Å². The second kappa shape index (κ2) is 5.87. The molecule has 1 aromatic carbocycles. The van der Waals surface area contributed by atoms with E-state index in [0.29, 0.717) is 6.42 Å². The molecular formula is C16H20O2. The monoisotopic (exact) mass is 244 g/mol. The molecule has 0 radical (unpaired) electrons.